The first-order chi connectivity index (χ1) is 8.75. The van der Waals surface area contributed by atoms with Crippen LogP contribution in [0.2, 0.25) is 0 Å². The smallest absolute Gasteiger partial charge is 0.151 e. The summed E-state index contributed by atoms with van der Waals surface area (Å²) in [6, 6.07) is 8.37. The van der Waals surface area contributed by atoms with E-state index in [2.05, 4.69) is 43.4 Å². The molecule has 4 heteroatoms. The first-order valence-corrected chi connectivity index (χ1v) is 8.66. The summed E-state index contributed by atoms with van der Waals surface area (Å²) in [4.78, 5) is 0. The third-order valence-corrected chi connectivity index (χ3v) is 5.39. The summed E-state index contributed by atoms with van der Waals surface area (Å²) in [6.07, 6.45) is 2.02. The van der Waals surface area contributed by atoms with Crippen molar-refractivity contribution in [2.75, 3.05) is 13.3 Å². The van der Waals surface area contributed by atoms with Gasteiger partial charge in [0.05, 0.1) is 5.25 Å². The summed E-state index contributed by atoms with van der Waals surface area (Å²) in [5.41, 5.74) is 2.47. The number of likely N-dealkylation sites (N-methyl/N-ethyl adjacent to an activating group) is 1. The lowest BCUT2D eigenvalue weighted by molar-refractivity contribution is 0.516. The normalized spacial score (nSPS) is 15.5. The van der Waals surface area contributed by atoms with Crippen LogP contribution < -0.4 is 5.32 Å². The molecule has 0 aliphatic rings. The molecule has 0 aliphatic carbocycles. The molecule has 1 N–H and O–H groups in total. The number of hydrogen-bond donors (Lipinski definition) is 1. The molecule has 2 atom stereocenters. The van der Waals surface area contributed by atoms with Gasteiger partial charge in [-0.15, -0.1) is 0 Å². The lowest BCUT2D eigenvalue weighted by atomic mass is 9.98. The SMILES string of the molecule is CNC(Cc1ccc(C(C)C)cc1)C(C)S(C)(=O)=O. The topological polar surface area (TPSA) is 46.2 Å². The average Bonchev–Trinajstić information content (AvgIpc) is 2.34. The third kappa shape index (κ3) is 4.62. The van der Waals surface area contributed by atoms with E-state index in [1.165, 1.54) is 17.4 Å². The molecule has 0 radical (unpaired) electrons. The van der Waals surface area contributed by atoms with Gasteiger partial charge in [0.25, 0.3) is 0 Å². The van der Waals surface area contributed by atoms with Crippen LogP contribution in [0.15, 0.2) is 24.3 Å². The Kier molecular flexibility index (Phi) is 5.56. The Morgan fingerprint density at radius 2 is 1.63 bits per heavy atom. The van der Waals surface area contributed by atoms with Crippen molar-refractivity contribution >= 4 is 9.84 Å². The number of sulfone groups is 1. The van der Waals surface area contributed by atoms with Crippen LogP contribution in [0.1, 0.15) is 37.8 Å². The maximum Gasteiger partial charge on any atom is 0.151 e. The second kappa shape index (κ2) is 6.53. The molecule has 108 valence electrons. The summed E-state index contributed by atoms with van der Waals surface area (Å²) in [7, 11) is -1.20. The molecule has 0 spiro atoms. The largest absolute Gasteiger partial charge is 0.315 e. The van der Waals surface area contributed by atoms with Crippen molar-refractivity contribution in [2.45, 2.75) is 44.4 Å². The molecule has 1 rings (SSSR count). The van der Waals surface area contributed by atoms with E-state index in [1.807, 2.05) is 7.05 Å². The van der Waals surface area contributed by atoms with Gasteiger partial charge in [0.1, 0.15) is 0 Å². The molecular formula is C15H25NO2S. The molecule has 1 aromatic carbocycles. The van der Waals surface area contributed by atoms with Gasteiger partial charge >= 0.3 is 0 Å². The van der Waals surface area contributed by atoms with Crippen LogP contribution in [0.4, 0.5) is 0 Å². The standard InChI is InChI=1S/C15H25NO2S/c1-11(2)14-8-6-13(7-9-14)10-15(16-4)12(3)19(5,17)18/h6-9,11-12,15-16H,10H2,1-5H3. The van der Waals surface area contributed by atoms with E-state index in [4.69, 9.17) is 0 Å². The molecule has 0 bridgehead atoms. The third-order valence-electron chi connectivity index (χ3n) is 3.71. The van der Waals surface area contributed by atoms with Crippen LogP contribution in [0, 0.1) is 0 Å². The number of nitrogens with one attached hydrogen (secondary N) is 1. The summed E-state index contributed by atoms with van der Waals surface area (Å²) in [5.74, 6) is 0.518. The van der Waals surface area contributed by atoms with E-state index >= 15 is 0 Å². The zero-order valence-electron chi connectivity index (χ0n) is 12.5. The fourth-order valence-corrected chi connectivity index (χ4v) is 2.92. The minimum absolute atomic E-state index is 0.0556. The van der Waals surface area contributed by atoms with Gasteiger partial charge in [-0.3, -0.25) is 0 Å². The van der Waals surface area contributed by atoms with Gasteiger partial charge in [-0.25, -0.2) is 8.42 Å². The molecule has 3 nitrogen and oxygen atoms in total. The van der Waals surface area contributed by atoms with E-state index in [9.17, 15) is 8.42 Å². The van der Waals surface area contributed by atoms with Gasteiger partial charge in [0.15, 0.2) is 9.84 Å². The van der Waals surface area contributed by atoms with Crippen LogP contribution in [-0.4, -0.2) is 33.0 Å². The first-order valence-electron chi connectivity index (χ1n) is 6.70. The van der Waals surface area contributed by atoms with E-state index in [1.54, 1.807) is 6.92 Å². The fraction of sp³-hybridized carbons (Fsp3) is 0.600. The Morgan fingerprint density at radius 1 is 1.11 bits per heavy atom. The molecule has 0 saturated carbocycles. The quantitative estimate of drug-likeness (QED) is 0.872. The van der Waals surface area contributed by atoms with E-state index in [0.29, 0.717) is 5.92 Å². The summed E-state index contributed by atoms with van der Waals surface area (Å²) in [5, 5.41) is 2.73. The van der Waals surface area contributed by atoms with Crippen LogP contribution in [-0.2, 0) is 16.3 Å². The summed E-state index contributed by atoms with van der Waals surface area (Å²) in [6.45, 7) is 6.09. The molecule has 19 heavy (non-hydrogen) atoms. The predicted octanol–water partition coefficient (Wildman–Crippen LogP) is 2.37. The Morgan fingerprint density at radius 3 is 2.00 bits per heavy atom. The fourth-order valence-electron chi connectivity index (χ4n) is 2.09. The molecule has 0 aromatic heterocycles. The van der Waals surface area contributed by atoms with Gasteiger partial charge in [-0.05, 0) is 37.4 Å². The highest BCUT2D eigenvalue weighted by molar-refractivity contribution is 7.91. The highest BCUT2D eigenvalue weighted by Gasteiger charge is 2.24. The molecule has 1 aromatic rings. The highest BCUT2D eigenvalue weighted by Crippen LogP contribution is 2.17. The van der Waals surface area contributed by atoms with Crippen molar-refractivity contribution in [2.24, 2.45) is 0 Å². The highest BCUT2D eigenvalue weighted by atomic mass is 32.2. The monoisotopic (exact) mass is 283 g/mol. The van der Waals surface area contributed by atoms with Crippen molar-refractivity contribution in [3.05, 3.63) is 35.4 Å². The Hall–Kier alpha value is -0.870. The second-order valence-electron chi connectivity index (χ2n) is 5.53. The lowest BCUT2D eigenvalue weighted by Crippen LogP contribution is -2.41. The van der Waals surface area contributed by atoms with Gasteiger partial charge in [-0.2, -0.15) is 0 Å². The van der Waals surface area contributed by atoms with Crippen LogP contribution in [0.5, 0.6) is 0 Å². The molecule has 0 saturated heterocycles. The second-order valence-corrected chi connectivity index (χ2v) is 7.93. The zero-order chi connectivity index (χ0) is 14.6. The Bertz CT molecular complexity index is 491. The maximum atomic E-state index is 11.6. The van der Waals surface area contributed by atoms with Crippen molar-refractivity contribution in [1.29, 1.82) is 0 Å². The average molecular weight is 283 g/mol. The molecule has 0 fully saturated rings. The van der Waals surface area contributed by atoms with Crippen LogP contribution >= 0.6 is 0 Å². The zero-order valence-corrected chi connectivity index (χ0v) is 13.3. The van der Waals surface area contributed by atoms with Crippen molar-refractivity contribution in [3.8, 4) is 0 Å². The van der Waals surface area contributed by atoms with Crippen LogP contribution in [0.3, 0.4) is 0 Å². The lowest BCUT2D eigenvalue weighted by Gasteiger charge is -2.22. The Labute approximate surface area is 117 Å². The molecular weight excluding hydrogens is 258 g/mol. The summed E-state index contributed by atoms with van der Waals surface area (Å²) >= 11 is 0. The number of rotatable bonds is 6. The molecule has 0 heterocycles. The van der Waals surface area contributed by atoms with E-state index in [0.717, 1.165) is 6.42 Å². The predicted molar refractivity (Wildman–Crippen MR) is 81.4 cm³/mol. The van der Waals surface area contributed by atoms with E-state index < -0.39 is 9.84 Å². The minimum Gasteiger partial charge on any atom is -0.315 e. The molecule has 0 aliphatic heterocycles. The van der Waals surface area contributed by atoms with Crippen LogP contribution in [0.25, 0.3) is 0 Å². The first kappa shape index (κ1) is 16.2. The Balaban J connectivity index is 2.82. The van der Waals surface area contributed by atoms with E-state index in [-0.39, 0.29) is 11.3 Å². The summed E-state index contributed by atoms with van der Waals surface area (Å²) < 4.78 is 23.3. The number of hydrogen-bond acceptors (Lipinski definition) is 3. The van der Waals surface area contributed by atoms with Crippen molar-refractivity contribution in [3.63, 3.8) is 0 Å². The van der Waals surface area contributed by atoms with Gasteiger partial charge in [0, 0.05) is 12.3 Å². The maximum absolute atomic E-state index is 11.6. The number of benzene rings is 1. The molecule has 2 unspecified atom stereocenters. The minimum atomic E-state index is -3.02. The van der Waals surface area contributed by atoms with Gasteiger partial charge < -0.3 is 5.32 Å². The van der Waals surface area contributed by atoms with Gasteiger partial charge in [0.2, 0.25) is 0 Å². The van der Waals surface area contributed by atoms with Crippen molar-refractivity contribution < 1.29 is 8.42 Å². The molecule has 0 amide bonds. The van der Waals surface area contributed by atoms with Gasteiger partial charge in [-0.1, -0.05) is 38.1 Å². The van der Waals surface area contributed by atoms with Crippen molar-refractivity contribution in [1.82, 2.24) is 5.32 Å².